The molecule has 1 aliphatic rings. The quantitative estimate of drug-likeness (QED) is 0.761. The molecule has 1 aliphatic carbocycles. The van der Waals surface area contributed by atoms with E-state index in [9.17, 15) is 4.79 Å². The fraction of sp³-hybridized carbons (Fsp3) is 0.611. The third kappa shape index (κ3) is 6.98. The molecule has 1 fully saturated rings. The van der Waals surface area contributed by atoms with Crippen LogP contribution in [-0.4, -0.2) is 29.9 Å². The van der Waals surface area contributed by atoms with Crippen molar-refractivity contribution < 1.29 is 4.79 Å². The first kappa shape index (κ1) is 23.2. The highest BCUT2D eigenvalue weighted by Gasteiger charge is 2.25. The Morgan fingerprint density at radius 1 is 1.25 bits per heavy atom. The van der Waals surface area contributed by atoms with E-state index in [1.54, 1.807) is 0 Å². The normalized spacial score (nSPS) is 19.5. The van der Waals surface area contributed by atoms with Gasteiger partial charge in [0.2, 0.25) is 5.91 Å². The van der Waals surface area contributed by atoms with Crippen LogP contribution in [0.15, 0.2) is 24.3 Å². The van der Waals surface area contributed by atoms with Gasteiger partial charge in [-0.05, 0) is 49.5 Å². The number of rotatable bonds is 7. The van der Waals surface area contributed by atoms with Gasteiger partial charge in [0, 0.05) is 24.7 Å². The van der Waals surface area contributed by atoms with E-state index in [1.165, 1.54) is 5.56 Å². The molecule has 0 aromatic heterocycles. The molecule has 0 heterocycles. The smallest absolute Gasteiger partial charge is 0.224 e. The van der Waals surface area contributed by atoms with Crippen LogP contribution in [0, 0.1) is 5.92 Å². The van der Waals surface area contributed by atoms with Crippen LogP contribution in [0.3, 0.4) is 0 Å². The number of nitrogens with two attached hydrogens (primary N) is 1. The van der Waals surface area contributed by atoms with Gasteiger partial charge < -0.3 is 11.1 Å². The highest BCUT2D eigenvalue weighted by Crippen LogP contribution is 2.27. The minimum Gasteiger partial charge on any atom is -0.327 e. The molecule has 138 valence electrons. The van der Waals surface area contributed by atoms with Crippen molar-refractivity contribution in [3.63, 3.8) is 0 Å². The topological polar surface area (TPSA) is 58.4 Å². The minimum absolute atomic E-state index is 0. The lowest BCUT2D eigenvalue weighted by Gasteiger charge is -2.19. The van der Waals surface area contributed by atoms with Crippen molar-refractivity contribution in [2.45, 2.75) is 52.1 Å². The molecule has 0 radical (unpaired) electrons. The van der Waals surface area contributed by atoms with Crippen molar-refractivity contribution >= 4 is 36.4 Å². The van der Waals surface area contributed by atoms with Gasteiger partial charge in [-0.25, -0.2) is 0 Å². The second-order valence-corrected chi connectivity index (χ2v) is 6.27. The highest BCUT2D eigenvalue weighted by atomic mass is 35.5. The number of hydrogen-bond acceptors (Lipinski definition) is 3. The molecular formula is C18H31Cl2N3O. The second kappa shape index (κ2) is 11.7. The monoisotopic (exact) mass is 375 g/mol. The van der Waals surface area contributed by atoms with Gasteiger partial charge in [0.05, 0.1) is 0 Å². The molecule has 1 aromatic rings. The largest absolute Gasteiger partial charge is 0.327 e. The average molecular weight is 376 g/mol. The summed E-state index contributed by atoms with van der Waals surface area (Å²) in [7, 11) is 0. The van der Waals surface area contributed by atoms with E-state index in [2.05, 4.69) is 36.2 Å². The lowest BCUT2D eigenvalue weighted by molar-refractivity contribution is -0.117. The number of carbonyl (C=O) groups excluding carboxylic acids is 1. The maximum atomic E-state index is 12.2. The molecule has 1 amide bonds. The minimum atomic E-state index is 0. The summed E-state index contributed by atoms with van der Waals surface area (Å²) >= 11 is 0. The molecule has 1 aromatic carbocycles. The van der Waals surface area contributed by atoms with Crippen LogP contribution in [0.2, 0.25) is 0 Å². The lowest BCUT2D eigenvalue weighted by atomic mass is 10.00. The van der Waals surface area contributed by atoms with E-state index in [-0.39, 0.29) is 36.8 Å². The molecule has 2 rings (SSSR count). The van der Waals surface area contributed by atoms with Crippen molar-refractivity contribution in [2.75, 3.05) is 18.4 Å². The van der Waals surface area contributed by atoms with Gasteiger partial charge in [-0.3, -0.25) is 9.69 Å². The molecule has 6 heteroatoms. The maximum Gasteiger partial charge on any atom is 0.224 e. The lowest BCUT2D eigenvalue weighted by Crippen LogP contribution is -2.28. The molecule has 1 saturated carbocycles. The van der Waals surface area contributed by atoms with Gasteiger partial charge in [0.1, 0.15) is 0 Å². The van der Waals surface area contributed by atoms with E-state index < -0.39 is 0 Å². The van der Waals surface area contributed by atoms with Gasteiger partial charge in [-0.2, -0.15) is 0 Å². The molecule has 0 unspecified atom stereocenters. The number of hydrogen-bond donors (Lipinski definition) is 2. The Morgan fingerprint density at radius 2 is 1.96 bits per heavy atom. The van der Waals surface area contributed by atoms with Crippen LogP contribution >= 0.6 is 24.8 Å². The Balaban J connectivity index is 0.00000264. The average Bonchev–Trinajstić information content (AvgIpc) is 2.90. The van der Waals surface area contributed by atoms with Crippen LogP contribution in [0.1, 0.15) is 45.1 Å². The van der Waals surface area contributed by atoms with E-state index in [4.69, 9.17) is 5.73 Å². The number of anilines is 1. The van der Waals surface area contributed by atoms with Crippen LogP contribution < -0.4 is 11.1 Å². The Hall–Kier alpha value is -0.810. The maximum absolute atomic E-state index is 12.2. The summed E-state index contributed by atoms with van der Waals surface area (Å²) < 4.78 is 0. The van der Waals surface area contributed by atoms with Crippen molar-refractivity contribution in [3.8, 4) is 0 Å². The Kier molecular flexibility index (Phi) is 11.3. The summed E-state index contributed by atoms with van der Waals surface area (Å²) in [6.07, 6.45) is 3.83. The van der Waals surface area contributed by atoms with E-state index in [0.29, 0.717) is 12.3 Å². The second-order valence-electron chi connectivity index (χ2n) is 6.27. The SMILES string of the molecule is CCN(CC)Cc1cccc(NC(=O)C[C@@H]2CCC[C@H]2N)c1.Cl.Cl. The number of carbonyl (C=O) groups is 1. The van der Waals surface area contributed by atoms with E-state index >= 15 is 0 Å². The van der Waals surface area contributed by atoms with Crippen LogP contribution in [-0.2, 0) is 11.3 Å². The van der Waals surface area contributed by atoms with Gasteiger partial charge in [-0.1, -0.05) is 32.4 Å². The molecule has 3 N–H and O–H groups in total. The molecule has 4 nitrogen and oxygen atoms in total. The van der Waals surface area contributed by atoms with Gasteiger partial charge in [0.25, 0.3) is 0 Å². The zero-order valence-electron chi connectivity index (χ0n) is 14.7. The Bertz CT molecular complexity index is 495. The van der Waals surface area contributed by atoms with E-state index in [1.807, 2.05) is 12.1 Å². The van der Waals surface area contributed by atoms with Crippen LogP contribution in [0.4, 0.5) is 5.69 Å². The van der Waals surface area contributed by atoms with E-state index in [0.717, 1.165) is 44.6 Å². The summed E-state index contributed by atoms with van der Waals surface area (Å²) in [4.78, 5) is 14.5. The summed E-state index contributed by atoms with van der Waals surface area (Å²) in [5.41, 5.74) is 8.17. The third-order valence-electron chi connectivity index (χ3n) is 4.68. The first-order valence-electron chi connectivity index (χ1n) is 8.49. The van der Waals surface area contributed by atoms with Crippen molar-refractivity contribution in [3.05, 3.63) is 29.8 Å². The summed E-state index contributed by atoms with van der Waals surface area (Å²) in [6, 6.07) is 8.35. The first-order chi connectivity index (χ1) is 10.6. The fourth-order valence-electron chi connectivity index (χ4n) is 3.22. The first-order valence-corrected chi connectivity index (χ1v) is 8.49. The summed E-state index contributed by atoms with van der Waals surface area (Å²) in [5, 5.41) is 3.03. The number of benzene rings is 1. The Morgan fingerprint density at radius 3 is 2.54 bits per heavy atom. The van der Waals surface area contributed by atoms with Gasteiger partial charge in [-0.15, -0.1) is 24.8 Å². The summed E-state index contributed by atoms with van der Waals surface area (Å²) in [5.74, 6) is 0.432. The zero-order chi connectivity index (χ0) is 15.9. The van der Waals surface area contributed by atoms with Crippen LogP contribution in [0.5, 0.6) is 0 Å². The molecule has 2 atom stereocenters. The molecule has 24 heavy (non-hydrogen) atoms. The van der Waals surface area contributed by atoms with Crippen LogP contribution in [0.25, 0.3) is 0 Å². The number of nitrogens with one attached hydrogen (secondary N) is 1. The van der Waals surface area contributed by atoms with Crippen molar-refractivity contribution in [1.29, 1.82) is 0 Å². The molecule has 0 saturated heterocycles. The van der Waals surface area contributed by atoms with Crippen molar-refractivity contribution in [1.82, 2.24) is 4.90 Å². The predicted octanol–water partition coefficient (Wildman–Crippen LogP) is 3.83. The van der Waals surface area contributed by atoms with Gasteiger partial charge >= 0.3 is 0 Å². The zero-order valence-corrected chi connectivity index (χ0v) is 16.3. The molecule has 0 aliphatic heterocycles. The van der Waals surface area contributed by atoms with Gasteiger partial charge in [0.15, 0.2) is 0 Å². The van der Waals surface area contributed by atoms with Crippen molar-refractivity contribution in [2.24, 2.45) is 11.7 Å². The third-order valence-corrected chi connectivity index (χ3v) is 4.68. The molecule has 0 bridgehead atoms. The fourth-order valence-corrected chi connectivity index (χ4v) is 3.22. The Labute approximate surface area is 158 Å². The predicted molar refractivity (Wildman–Crippen MR) is 106 cm³/mol. The molecular weight excluding hydrogens is 345 g/mol. The molecule has 0 spiro atoms. The standard InChI is InChI=1S/C18H29N3O.2ClH/c1-3-21(4-2)13-14-7-5-9-16(11-14)20-18(22)12-15-8-6-10-17(15)19;;/h5,7,9,11,15,17H,3-4,6,8,10,12-13,19H2,1-2H3,(H,20,22);2*1H/t15-,17+;;/m0../s1. The summed E-state index contributed by atoms with van der Waals surface area (Å²) in [6.45, 7) is 7.32. The number of amides is 1. The highest BCUT2D eigenvalue weighted by molar-refractivity contribution is 5.91. The number of nitrogens with zero attached hydrogens (tertiary/aromatic N) is 1. The number of halogens is 2.